The van der Waals surface area contributed by atoms with Gasteiger partial charge in [-0.15, -0.1) is 0 Å². The van der Waals surface area contributed by atoms with Crippen molar-refractivity contribution in [2.24, 2.45) is 5.10 Å². The van der Waals surface area contributed by atoms with Gasteiger partial charge < -0.3 is 14.4 Å². The van der Waals surface area contributed by atoms with Crippen LogP contribution >= 0.6 is 15.9 Å². The molecule has 0 saturated carbocycles. The molecule has 1 amide bonds. The highest BCUT2D eigenvalue weighted by molar-refractivity contribution is 9.10. The Kier molecular flexibility index (Phi) is 7.41. The summed E-state index contributed by atoms with van der Waals surface area (Å²) in [5, 5.41) is 3.79. The number of carbonyl (C=O) groups excluding carboxylic acids is 1. The minimum atomic E-state index is -3.75. The van der Waals surface area contributed by atoms with Gasteiger partial charge >= 0.3 is 0 Å². The van der Waals surface area contributed by atoms with Crippen LogP contribution in [0.1, 0.15) is 5.56 Å². The minimum Gasteiger partial charge on any atom is -0.493 e. The van der Waals surface area contributed by atoms with E-state index in [0.717, 1.165) is 0 Å². The number of benzene rings is 2. The van der Waals surface area contributed by atoms with Gasteiger partial charge in [0.25, 0.3) is 15.9 Å². The highest BCUT2D eigenvalue weighted by Crippen LogP contribution is 2.36. The van der Waals surface area contributed by atoms with Gasteiger partial charge in [0.1, 0.15) is 0 Å². The molecular formula is C18H20BrN3O5S. The first kappa shape index (κ1) is 21.7. The lowest BCUT2D eigenvalue weighted by atomic mass is 10.2. The highest BCUT2D eigenvalue weighted by atomic mass is 79.9. The molecule has 2 aromatic rings. The lowest BCUT2D eigenvalue weighted by molar-refractivity contribution is -0.130. The van der Waals surface area contributed by atoms with Crippen LogP contribution in [-0.4, -0.2) is 53.3 Å². The number of hydrazone groups is 1. The van der Waals surface area contributed by atoms with Crippen molar-refractivity contribution in [1.82, 2.24) is 9.73 Å². The molecule has 10 heteroatoms. The number of sulfonamides is 1. The summed E-state index contributed by atoms with van der Waals surface area (Å²) < 4.78 is 35.7. The molecule has 8 nitrogen and oxygen atoms in total. The van der Waals surface area contributed by atoms with Gasteiger partial charge in [-0.1, -0.05) is 18.2 Å². The van der Waals surface area contributed by atoms with Crippen LogP contribution in [0, 0.1) is 0 Å². The largest absolute Gasteiger partial charge is 0.493 e. The number of hydrogen-bond donors (Lipinski definition) is 1. The second-order valence-electron chi connectivity index (χ2n) is 5.78. The molecule has 0 unspecified atom stereocenters. The second kappa shape index (κ2) is 9.56. The monoisotopic (exact) mass is 469 g/mol. The standard InChI is InChI=1S/C18H20BrN3O5S/c1-22(2)17(23)12-27-18-15(19)9-13(10-16(18)26-3)11-20-21-28(24,25)14-7-5-4-6-8-14/h4-11,21H,12H2,1-3H3/b20-11+. The van der Waals surface area contributed by atoms with Crippen LogP contribution < -0.4 is 14.3 Å². The predicted octanol–water partition coefficient (Wildman–Crippen LogP) is 2.24. The molecule has 0 aliphatic carbocycles. The number of amides is 1. The number of likely N-dealkylation sites (N-methyl/N-ethyl adjacent to an activating group) is 1. The average Bonchev–Trinajstić information content (AvgIpc) is 2.67. The molecule has 0 aliphatic heterocycles. The van der Waals surface area contributed by atoms with Crippen LogP contribution in [0.3, 0.4) is 0 Å². The maximum absolute atomic E-state index is 12.2. The number of hydrogen-bond acceptors (Lipinski definition) is 6. The summed E-state index contributed by atoms with van der Waals surface area (Å²) in [7, 11) is 0.977. The quantitative estimate of drug-likeness (QED) is 0.472. The van der Waals surface area contributed by atoms with Crippen LogP contribution in [-0.2, 0) is 14.8 Å². The number of nitrogens with one attached hydrogen (secondary N) is 1. The van der Waals surface area contributed by atoms with Gasteiger partial charge in [0, 0.05) is 14.1 Å². The molecule has 0 radical (unpaired) electrons. The third-order valence-electron chi connectivity index (χ3n) is 3.53. The molecule has 2 rings (SSSR count). The van der Waals surface area contributed by atoms with Gasteiger partial charge in [0.15, 0.2) is 18.1 Å². The van der Waals surface area contributed by atoms with E-state index in [9.17, 15) is 13.2 Å². The number of methoxy groups -OCH3 is 1. The Labute approximate surface area is 172 Å². The van der Waals surface area contributed by atoms with Crippen molar-refractivity contribution < 1.29 is 22.7 Å². The number of halogens is 1. The number of nitrogens with zero attached hydrogens (tertiary/aromatic N) is 2. The molecule has 0 aromatic heterocycles. The third-order valence-corrected chi connectivity index (χ3v) is 5.36. The first-order valence-electron chi connectivity index (χ1n) is 8.05. The molecule has 0 aliphatic rings. The van der Waals surface area contributed by atoms with Crippen molar-refractivity contribution in [1.29, 1.82) is 0 Å². The zero-order chi connectivity index (χ0) is 20.7. The van der Waals surface area contributed by atoms with E-state index in [2.05, 4.69) is 25.9 Å². The minimum absolute atomic E-state index is 0.111. The average molecular weight is 470 g/mol. The summed E-state index contributed by atoms with van der Waals surface area (Å²) in [6.07, 6.45) is 1.34. The number of ether oxygens (including phenoxy) is 2. The molecule has 0 fully saturated rings. The van der Waals surface area contributed by atoms with Crippen LogP contribution in [0.4, 0.5) is 0 Å². The Bertz CT molecular complexity index is 963. The van der Waals surface area contributed by atoms with E-state index in [-0.39, 0.29) is 17.4 Å². The first-order valence-corrected chi connectivity index (χ1v) is 10.3. The SMILES string of the molecule is COc1cc(/C=N/NS(=O)(=O)c2ccccc2)cc(Br)c1OCC(=O)N(C)C. The van der Waals surface area contributed by atoms with Gasteiger partial charge in [0.05, 0.1) is 22.7 Å². The summed E-state index contributed by atoms with van der Waals surface area (Å²) in [4.78, 5) is 15.4. The first-order chi connectivity index (χ1) is 13.2. The molecule has 0 heterocycles. The molecule has 0 atom stereocenters. The lowest BCUT2D eigenvalue weighted by Crippen LogP contribution is -2.27. The second-order valence-corrected chi connectivity index (χ2v) is 8.29. The van der Waals surface area contributed by atoms with E-state index in [0.29, 0.717) is 21.5 Å². The van der Waals surface area contributed by atoms with Gasteiger partial charge in [-0.25, -0.2) is 4.83 Å². The van der Waals surface area contributed by atoms with Crippen LogP contribution in [0.2, 0.25) is 0 Å². The smallest absolute Gasteiger partial charge is 0.276 e. The van der Waals surface area contributed by atoms with Gasteiger partial charge in [-0.3, -0.25) is 4.79 Å². The van der Waals surface area contributed by atoms with E-state index in [1.54, 1.807) is 44.4 Å². The Morgan fingerprint density at radius 2 is 1.93 bits per heavy atom. The third kappa shape index (κ3) is 5.70. The summed E-state index contributed by atoms with van der Waals surface area (Å²) in [5.74, 6) is 0.530. The van der Waals surface area contributed by atoms with Crippen LogP contribution in [0.15, 0.2) is 56.9 Å². The van der Waals surface area contributed by atoms with Crippen molar-refractivity contribution in [3.05, 3.63) is 52.5 Å². The molecule has 0 spiro atoms. The summed E-state index contributed by atoms with van der Waals surface area (Å²) in [6.45, 7) is -0.147. The van der Waals surface area contributed by atoms with E-state index in [1.165, 1.54) is 30.4 Å². The van der Waals surface area contributed by atoms with Crippen LogP contribution in [0.25, 0.3) is 0 Å². The molecule has 0 bridgehead atoms. The highest BCUT2D eigenvalue weighted by Gasteiger charge is 2.15. The fraction of sp³-hybridized carbons (Fsp3) is 0.222. The number of rotatable bonds is 8. The summed E-state index contributed by atoms with van der Waals surface area (Å²) in [6, 6.07) is 11.2. The molecule has 2 aromatic carbocycles. The molecule has 0 saturated heterocycles. The zero-order valence-electron chi connectivity index (χ0n) is 15.5. The normalized spacial score (nSPS) is 11.3. The lowest BCUT2D eigenvalue weighted by Gasteiger charge is -2.15. The van der Waals surface area contributed by atoms with Crippen molar-refractivity contribution >= 4 is 38.1 Å². The summed E-state index contributed by atoms with van der Waals surface area (Å²) >= 11 is 3.36. The van der Waals surface area contributed by atoms with Gasteiger partial charge in [-0.05, 0) is 45.8 Å². The van der Waals surface area contributed by atoms with Gasteiger partial charge in [-0.2, -0.15) is 13.5 Å². The van der Waals surface area contributed by atoms with Crippen LogP contribution in [0.5, 0.6) is 11.5 Å². The zero-order valence-corrected chi connectivity index (χ0v) is 18.0. The fourth-order valence-electron chi connectivity index (χ4n) is 2.04. The maximum Gasteiger partial charge on any atom is 0.276 e. The maximum atomic E-state index is 12.2. The van der Waals surface area contributed by atoms with E-state index < -0.39 is 10.0 Å². The van der Waals surface area contributed by atoms with E-state index >= 15 is 0 Å². The topological polar surface area (TPSA) is 97.3 Å². The van der Waals surface area contributed by atoms with Crippen molar-refractivity contribution in [2.75, 3.05) is 27.8 Å². The van der Waals surface area contributed by atoms with Crippen molar-refractivity contribution in [2.45, 2.75) is 4.90 Å². The van der Waals surface area contributed by atoms with E-state index in [1.807, 2.05) is 0 Å². The fourth-order valence-corrected chi connectivity index (χ4v) is 3.43. The van der Waals surface area contributed by atoms with Crippen molar-refractivity contribution in [3.8, 4) is 11.5 Å². The van der Waals surface area contributed by atoms with Gasteiger partial charge in [0.2, 0.25) is 0 Å². The summed E-state index contributed by atoms with van der Waals surface area (Å²) in [5.41, 5.74) is 0.561. The Hall–Kier alpha value is -2.59. The van der Waals surface area contributed by atoms with E-state index in [4.69, 9.17) is 9.47 Å². The Balaban J connectivity index is 2.15. The Morgan fingerprint density at radius 1 is 1.25 bits per heavy atom. The Morgan fingerprint density at radius 3 is 2.54 bits per heavy atom. The predicted molar refractivity (Wildman–Crippen MR) is 109 cm³/mol. The van der Waals surface area contributed by atoms with Crippen molar-refractivity contribution in [3.63, 3.8) is 0 Å². The number of carbonyl (C=O) groups is 1. The molecular weight excluding hydrogens is 450 g/mol. The molecule has 28 heavy (non-hydrogen) atoms. The molecule has 1 N–H and O–H groups in total. The molecule has 150 valence electrons.